The lowest BCUT2D eigenvalue weighted by molar-refractivity contribution is -0.885. The number of hydrogen-bond donors (Lipinski definition) is 3. The maximum atomic E-state index is 13.1. The highest BCUT2D eigenvalue weighted by Gasteiger charge is 2.24. The van der Waals surface area contributed by atoms with Crippen LogP contribution in [0.1, 0.15) is 12.5 Å². The highest BCUT2D eigenvalue weighted by atomic mass is 19.1. The van der Waals surface area contributed by atoms with Crippen LogP contribution in [-0.2, 0) is 9.59 Å². The molecule has 0 saturated heterocycles. The van der Waals surface area contributed by atoms with Crippen LogP contribution in [0.2, 0.25) is 0 Å². The van der Waals surface area contributed by atoms with Gasteiger partial charge in [0.2, 0.25) is 0 Å². The van der Waals surface area contributed by atoms with Crippen LogP contribution in [0.15, 0.2) is 48.5 Å². The molecule has 3 N–H and O–H groups in total. The van der Waals surface area contributed by atoms with E-state index in [1.165, 1.54) is 18.2 Å². The molecule has 0 aliphatic rings. The maximum absolute atomic E-state index is 13.1. The normalized spacial score (nSPS) is 12.5. The van der Waals surface area contributed by atoms with E-state index in [4.69, 9.17) is 5.26 Å². The summed E-state index contributed by atoms with van der Waals surface area (Å²) >= 11 is 0. The van der Waals surface area contributed by atoms with Crippen LogP contribution in [0.5, 0.6) is 0 Å². The molecule has 2 aromatic carbocycles. The summed E-state index contributed by atoms with van der Waals surface area (Å²) in [6, 6.07) is 13.7. The Hall–Kier alpha value is -3.24. The summed E-state index contributed by atoms with van der Waals surface area (Å²) in [6.07, 6.45) is 0. The Kier molecular flexibility index (Phi) is 6.42. The first kappa shape index (κ1) is 19.1. The van der Waals surface area contributed by atoms with E-state index >= 15 is 0 Å². The molecular formula is C19H20FN4O2+. The van der Waals surface area contributed by atoms with Gasteiger partial charge in [0.05, 0.1) is 18.7 Å². The monoisotopic (exact) mass is 355 g/mol. The van der Waals surface area contributed by atoms with Crippen LogP contribution in [0.4, 0.5) is 15.8 Å². The van der Waals surface area contributed by atoms with E-state index in [-0.39, 0.29) is 18.4 Å². The van der Waals surface area contributed by atoms with E-state index in [1.807, 2.05) is 6.07 Å². The molecule has 1 unspecified atom stereocenters. The van der Waals surface area contributed by atoms with Crippen LogP contribution in [0.25, 0.3) is 0 Å². The Morgan fingerprint density at radius 1 is 1.15 bits per heavy atom. The van der Waals surface area contributed by atoms with Gasteiger partial charge in [-0.2, -0.15) is 5.26 Å². The van der Waals surface area contributed by atoms with Crippen molar-refractivity contribution in [1.29, 1.82) is 5.26 Å². The molecule has 2 rings (SSSR count). The molecule has 134 valence electrons. The predicted octanol–water partition coefficient (Wildman–Crippen LogP) is 1.18. The minimum absolute atomic E-state index is 0.0450. The number of likely N-dealkylation sites (N-methyl/N-ethyl adjacent to an activating group) is 1. The summed E-state index contributed by atoms with van der Waals surface area (Å²) in [5, 5.41) is 14.2. The molecule has 0 aliphatic heterocycles. The van der Waals surface area contributed by atoms with Crippen molar-refractivity contribution in [3.05, 3.63) is 59.9 Å². The minimum Gasteiger partial charge on any atom is -0.321 e. The number of anilines is 2. The predicted molar refractivity (Wildman–Crippen MR) is 96.0 cm³/mol. The fourth-order valence-electron chi connectivity index (χ4n) is 2.32. The second-order valence-corrected chi connectivity index (χ2v) is 5.99. The quantitative estimate of drug-likeness (QED) is 0.727. The summed E-state index contributed by atoms with van der Waals surface area (Å²) < 4.78 is 13.1. The third kappa shape index (κ3) is 5.40. The molecule has 0 bridgehead atoms. The van der Waals surface area contributed by atoms with Crippen molar-refractivity contribution < 1.29 is 18.9 Å². The number of halogens is 1. The smallest absolute Gasteiger partial charge is 0.282 e. The largest absolute Gasteiger partial charge is 0.321 e. The second kappa shape index (κ2) is 8.74. The standard InChI is InChI=1S/C19H19FN4O2/c1-13(19(26)23-16-7-3-5-14(9-16)11-21)24(2)12-18(25)22-17-8-4-6-15(20)10-17/h3-10,13H,12H2,1-2H3,(H,22,25)(H,23,26)/p+1/t13-/m0/s1. The Morgan fingerprint density at radius 3 is 2.46 bits per heavy atom. The number of nitrogens with zero attached hydrogens (tertiary/aromatic N) is 1. The van der Waals surface area contributed by atoms with E-state index < -0.39 is 11.9 Å². The van der Waals surface area contributed by atoms with Gasteiger partial charge in [0.1, 0.15) is 5.82 Å². The molecule has 2 amide bonds. The summed E-state index contributed by atoms with van der Waals surface area (Å²) in [6.45, 7) is 1.75. The van der Waals surface area contributed by atoms with Crippen LogP contribution in [-0.4, -0.2) is 31.4 Å². The molecule has 2 atom stereocenters. The van der Waals surface area contributed by atoms with Crippen molar-refractivity contribution in [3.8, 4) is 6.07 Å². The van der Waals surface area contributed by atoms with Crippen LogP contribution in [0, 0.1) is 17.1 Å². The lowest BCUT2D eigenvalue weighted by Crippen LogP contribution is -3.14. The summed E-state index contributed by atoms with van der Waals surface area (Å²) in [4.78, 5) is 25.1. The highest BCUT2D eigenvalue weighted by molar-refractivity contribution is 5.94. The Morgan fingerprint density at radius 2 is 1.81 bits per heavy atom. The van der Waals surface area contributed by atoms with Crippen LogP contribution in [0.3, 0.4) is 0 Å². The third-order valence-corrected chi connectivity index (χ3v) is 3.94. The Bertz CT molecular complexity index is 847. The van der Waals surface area contributed by atoms with E-state index in [0.29, 0.717) is 21.8 Å². The SMILES string of the molecule is C[C@@H](C(=O)Nc1cccc(C#N)c1)[NH+](C)CC(=O)Nc1cccc(F)c1. The molecule has 0 aliphatic carbocycles. The molecule has 0 saturated carbocycles. The zero-order chi connectivity index (χ0) is 19.1. The van der Waals surface area contributed by atoms with E-state index in [0.717, 1.165) is 0 Å². The highest BCUT2D eigenvalue weighted by Crippen LogP contribution is 2.10. The molecular weight excluding hydrogens is 335 g/mol. The molecule has 0 radical (unpaired) electrons. The number of benzene rings is 2. The lowest BCUT2D eigenvalue weighted by atomic mass is 10.2. The average Bonchev–Trinajstić information content (AvgIpc) is 2.61. The van der Waals surface area contributed by atoms with E-state index in [1.54, 1.807) is 44.3 Å². The molecule has 7 heteroatoms. The first-order chi connectivity index (χ1) is 12.4. The maximum Gasteiger partial charge on any atom is 0.282 e. The van der Waals surface area contributed by atoms with Crippen molar-refractivity contribution in [3.63, 3.8) is 0 Å². The number of nitriles is 1. The van der Waals surface area contributed by atoms with Gasteiger partial charge < -0.3 is 15.5 Å². The first-order valence-corrected chi connectivity index (χ1v) is 8.08. The van der Waals surface area contributed by atoms with Gasteiger partial charge >= 0.3 is 0 Å². The molecule has 0 heterocycles. The molecule has 0 fully saturated rings. The van der Waals surface area contributed by atoms with Gasteiger partial charge in [-0.3, -0.25) is 9.59 Å². The summed E-state index contributed by atoms with van der Waals surface area (Å²) in [7, 11) is 1.72. The average molecular weight is 355 g/mol. The van der Waals surface area contributed by atoms with Gasteiger partial charge in [-0.05, 0) is 43.3 Å². The van der Waals surface area contributed by atoms with Crippen molar-refractivity contribution >= 4 is 23.2 Å². The number of amides is 2. The first-order valence-electron chi connectivity index (χ1n) is 8.08. The van der Waals surface area contributed by atoms with Gasteiger partial charge in [-0.25, -0.2) is 4.39 Å². The molecule has 6 nitrogen and oxygen atoms in total. The zero-order valence-electron chi connectivity index (χ0n) is 14.5. The number of quaternary nitrogens is 1. The molecule has 2 aromatic rings. The van der Waals surface area contributed by atoms with Crippen LogP contribution >= 0.6 is 0 Å². The fraction of sp³-hybridized carbons (Fsp3) is 0.211. The van der Waals surface area contributed by atoms with Crippen molar-refractivity contribution in [1.82, 2.24) is 0 Å². The molecule has 0 spiro atoms. The third-order valence-electron chi connectivity index (χ3n) is 3.94. The molecule has 26 heavy (non-hydrogen) atoms. The van der Waals surface area contributed by atoms with Crippen molar-refractivity contribution in [2.24, 2.45) is 0 Å². The van der Waals surface area contributed by atoms with Gasteiger partial charge in [0.15, 0.2) is 12.6 Å². The zero-order valence-corrected chi connectivity index (χ0v) is 14.5. The number of carbonyl (C=O) groups excluding carboxylic acids is 2. The summed E-state index contributed by atoms with van der Waals surface area (Å²) in [5.41, 5.74) is 1.34. The van der Waals surface area contributed by atoms with Crippen molar-refractivity contribution in [2.75, 3.05) is 24.2 Å². The van der Waals surface area contributed by atoms with Gasteiger partial charge in [0, 0.05) is 11.4 Å². The lowest BCUT2D eigenvalue weighted by Gasteiger charge is -2.20. The second-order valence-electron chi connectivity index (χ2n) is 5.99. The van der Waals surface area contributed by atoms with Gasteiger partial charge in [-0.15, -0.1) is 0 Å². The van der Waals surface area contributed by atoms with Crippen LogP contribution < -0.4 is 15.5 Å². The van der Waals surface area contributed by atoms with Gasteiger partial charge in [-0.1, -0.05) is 12.1 Å². The number of hydrogen-bond acceptors (Lipinski definition) is 3. The topological polar surface area (TPSA) is 86.4 Å². The Balaban J connectivity index is 1.91. The Labute approximate surface area is 151 Å². The summed E-state index contributed by atoms with van der Waals surface area (Å²) in [5.74, 6) is -1.02. The number of rotatable bonds is 6. The number of carbonyl (C=O) groups is 2. The van der Waals surface area contributed by atoms with E-state index in [9.17, 15) is 14.0 Å². The minimum atomic E-state index is -0.501. The number of nitrogens with one attached hydrogen (secondary N) is 3. The van der Waals surface area contributed by atoms with E-state index in [2.05, 4.69) is 10.6 Å². The van der Waals surface area contributed by atoms with Gasteiger partial charge in [0.25, 0.3) is 11.8 Å². The molecule has 0 aromatic heterocycles. The fourth-order valence-corrected chi connectivity index (χ4v) is 2.32. The van der Waals surface area contributed by atoms with Crippen molar-refractivity contribution in [2.45, 2.75) is 13.0 Å².